The molecule has 0 fully saturated rings. The van der Waals surface area contributed by atoms with Gasteiger partial charge in [-0.1, -0.05) is 128 Å². The van der Waals surface area contributed by atoms with E-state index in [1.54, 1.807) is 0 Å². The van der Waals surface area contributed by atoms with Crippen LogP contribution in [0, 0.1) is 0 Å². The van der Waals surface area contributed by atoms with Gasteiger partial charge >= 0.3 is 0 Å². The molecule has 2 aromatic rings. The Morgan fingerprint density at radius 2 is 1.27 bits per heavy atom. The molecule has 0 aliphatic carbocycles. The Hall–Kier alpha value is -1.54. The quantitative estimate of drug-likeness (QED) is 0.201. The number of hydrogen-bond donors (Lipinski definition) is 1. The van der Waals surface area contributed by atoms with E-state index in [0.29, 0.717) is 0 Å². The third kappa shape index (κ3) is 11.4. The van der Waals surface area contributed by atoms with E-state index in [4.69, 9.17) is 4.74 Å². The van der Waals surface area contributed by atoms with Crippen molar-refractivity contribution in [1.29, 1.82) is 0 Å². The van der Waals surface area contributed by atoms with Crippen LogP contribution in [-0.2, 0) is 6.54 Å². The summed E-state index contributed by atoms with van der Waals surface area (Å²) in [5.74, 6) is 1.04. The van der Waals surface area contributed by atoms with E-state index in [1.807, 2.05) is 0 Å². The molecular weight excluding hydrogens is 402 g/mol. The Balaban J connectivity index is 1.56. The van der Waals surface area contributed by atoms with E-state index in [2.05, 4.69) is 62.5 Å². The first-order valence-corrected chi connectivity index (χ1v) is 14.1. The summed E-state index contributed by atoms with van der Waals surface area (Å²) in [6.07, 6.45) is 21.0. The summed E-state index contributed by atoms with van der Waals surface area (Å²) in [7, 11) is 0. The molecule has 0 radical (unpaired) electrons. The molecular formula is C31H51NO. The zero-order valence-electron chi connectivity index (χ0n) is 22.0. The minimum absolute atomic E-state index is 0.246. The van der Waals surface area contributed by atoms with E-state index >= 15 is 0 Å². The monoisotopic (exact) mass is 453 g/mol. The lowest BCUT2D eigenvalue weighted by Gasteiger charge is -2.18. The number of nitrogens with one attached hydrogen (secondary N) is 1. The van der Waals surface area contributed by atoms with E-state index < -0.39 is 0 Å². The smallest absolute Gasteiger partial charge is 0.124 e. The number of ether oxygens (including phenoxy) is 1. The molecule has 0 spiro atoms. The Labute approximate surface area is 204 Å². The van der Waals surface area contributed by atoms with Crippen molar-refractivity contribution in [3.63, 3.8) is 0 Å². The molecule has 33 heavy (non-hydrogen) atoms. The molecule has 0 saturated heterocycles. The Bertz CT molecular complexity index is 741. The number of fused-ring (bicyclic) bond motifs is 1. The molecule has 2 heteroatoms. The van der Waals surface area contributed by atoms with Crippen molar-refractivity contribution in [2.45, 2.75) is 130 Å². The van der Waals surface area contributed by atoms with Gasteiger partial charge in [-0.25, -0.2) is 0 Å². The van der Waals surface area contributed by atoms with Crippen molar-refractivity contribution in [3.05, 3.63) is 42.0 Å². The fraction of sp³-hybridized carbons (Fsp3) is 0.677. The Kier molecular flexibility index (Phi) is 15.0. The number of hydrogen-bond acceptors (Lipinski definition) is 2. The van der Waals surface area contributed by atoms with E-state index in [-0.39, 0.29) is 6.10 Å². The summed E-state index contributed by atoms with van der Waals surface area (Å²) >= 11 is 0. The van der Waals surface area contributed by atoms with E-state index in [9.17, 15) is 0 Å². The highest BCUT2D eigenvalue weighted by Crippen LogP contribution is 2.29. The maximum Gasteiger partial charge on any atom is 0.124 e. The molecule has 1 N–H and O–H groups in total. The summed E-state index contributed by atoms with van der Waals surface area (Å²) in [6.45, 7) is 8.60. The zero-order valence-corrected chi connectivity index (χ0v) is 22.0. The maximum atomic E-state index is 6.24. The van der Waals surface area contributed by atoms with Gasteiger partial charge in [-0.15, -0.1) is 0 Å². The maximum absolute atomic E-state index is 6.24. The SMILES string of the molecule is CCCCCCCCCCCCCCCCNCc1c(OC(C)CC)ccc2ccccc12. The van der Waals surface area contributed by atoms with Crippen molar-refractivity contribution in [3.8, 4) is 5.75 Å². The van der Waals surface area contributed by atoms with Crippen LogP contribution in [0.4, 0.5) is 0 Å². The van der Waals surface area contributed by atoms with Gasteiger partial charge < -0.3 is 10.1 Å². The first-order valence-electron chi connectivity index (χ1n) is 14.1. The molecule has 186 valence electrons. The van der Waals surface area contributed by atoms with Crippen LogP contribution in [-0.4, -0.2) is 12.6 Å². The van der Waals surface area contributed by atoms with Gasteiger partial charge in [-0.3, -0.25) is 0 Å². The van der Waals surface area contributed by atoms with Gasteiger partial charge in [0.25, 0.3) is 0 Å². The van der Waals surface area contributed by atoms with Crippen molar-refractivity contribution >= 4 is 10.8 Å². The molecule has 0 aliphatic heterocycles. The van der Waals surface area contributed by atoms with Gasteiger partial charge in [0.1, 0.15) is 5.75 Å². The molecule has 0 aromatic heterocycles. The number of rotatable bonds is 20. The van der Waals surface area contributed by atoms with Gasteiger partial charge in [0.15, 0.2) is 0 Å². The van der Waals surface area contributed by atoms with Crippen LogP contribution in [0.2, 0.25) is 0 Å². The van der Waals surface area contributed by atoms with Crippen LogP contribution < -0.4 is 10.1 Å². The summed E-state index contributed by atoms with van der Waals surface area (Å²) in [4.78, 5) is 0. The predicted molar refractivity (Wildman–Crippen MR) is 146 cm³/mol. The standard InChI is InChI=1S/C31H51NO/c1-4-6-7-8-9-10-11-12-13-14-15-16-17-20-25-32-26-30-29-22-19-18-21-28(29)23-24-31(30)33-27(3)5-2/h18-19,21-24,27,32H,4-17,20,25-26H2,1-3H3. The predicted octanol–water partition coefficient (Wildman–Crippen LogP) is 9.59. The van der Waals surface area contributed by atoms with Crippen LogP contribution in [0.1, 0.15) is 123 Å². The fourth-order valence-electron chi connectivity index (χ4n) is 4.57. The lowest BCUT2D eigenvalue weighted by Crippen LogP contribution is -2.17. The number of benzene rings is 2. The van der Waals surface area contributed by atoms with Gasteiger partial charge in [0, 0.05) is 12.1 Å². The first-order chi connectivity index (χ1) is 16.3. The highest BCUT2D eigenvalue weighted by atomic mass is 16.5. The Morgan fingerprint density at radius 3 is 1.88 bits per heavy atom. The fourth-order valence-corrected chi connectivity index (χ4v) is 4.57. The average molecular weight is 454 g/mol. The summed E-state index contributed by atoms with van der Waals surface area (Å²) in [6, 6.07) is 13.0. The van der Waals surface area contributed by atoms with Crippen molar-refractivity contribution in [1.82, 2.24) is 5.32 Å². The van der Waals surface area contributed by atoms with Gasteiger partial charge in [0.2, 0.25) is 0 Å². The highest BCUT2D eigenvalue weighted by molar-refractivity contribution is 5.87. The third-order valence-electron chi connectivity index (χ3n) is 6.91. The van der Waals surface area contributed by atoms with Crippen LogP contribution >= 0.6 is 0 Å². The van der Waals surface area contributed by atoms with Crippen LogP contribution in [0.15, 0.2) is 36.4 Å². The lowest BCUT2D eigenvalue weighted by molar-refractivity contribution is 0.215. The molecule has 0 amide bonds. The second-order valence-electron chi connectivity index (χ2n) is 9.87. The topological polar surface area (TPSA) is 21.3 Å². The average Bonchev–Trinajstić information content (AvgIpc) is 2.84. The largest absolute Gasteiger partial charge is 0.490 e. The van der Waals surface area contributed by atoms with Crippen LogP contribution in [0.3, 0.4) is 0 Å². The van der Waals surface area contributed by atoms with Gasteiger partial charge in [0.05, 0.1) is 6.10 Å². The van der Waals surface area contributed by atoms with Crippen molar-refractivity contribution < 1.29 is 4.74 Å². The second-order valence-corrected chi connectivity index (χ2v) is 9.87. The number of unbranched alkanes of at least 4 members (excludes halogenated alkanes) is 13. The minimum Gasteiger partial charge on any atom is -0.490 e. The molecule has 0 aliphatic rings. The molecule has 0 heterocycles. The summed E-state index contributed by atoms with van der Waals surface area (Å²) in [5.41, 5.74) is 1.30. The van der Waals surface area contributed by atoms with E-state index in [0.717, 1.165) is 25.3 Å². The zero-order chi connectivity index (χ0) is 23.6. The minimum atomic E-state index is 0.246. The van der Waals surface area contributed by atoms with Crippen LogP contribution in [0.25, 0.3) is 10.8 Å². The molecule has 0 saturated carbocycles. The molecule has 2 aromatic carbocycles. The molecule has 1 atom stereocenters. The third-order valence-corrected chi connectivity index (χ3v) is 6.91. The van der Waals surface area contributed by atoms with Crippen molar-refractivity contribution in [2.75, 3.05) is 6.54 Å². The molecule has 1 unspecified atom stereocenters. The summed E-state index contributed by atoms with van der Waals surface area (Å²) in [5, 5.41) is 6.29. The molecule has 2 nitrogen and oxygen atoms in total. The van der Waals surface area contributed by atoms with E-state index in [1.165, 1.54) is 106 Å². The van der Waals surface area contributed by atoms with Gasteiger partial charge in [-0.2, -0.15) is 0 Å². The lowest BCUT2D eigenvalue weighted by atomic mass is 10.0. The second kappa shape index (κ2) is 17.9. The van der Waals surface area contributed by atoms with Crippen molar-refractivity contribution in [2.24, 2.45) is 0 Å². The molecule has 0 bridgehead atoms. The Morgan fingerprint density at radius 1 is 0.697 bits per heavy atom. The summed E-state index contributed by atoms with van der Waals surface area (Å²) < 4.78 is 6.24. The molecule has 2 rings (SSSR count). The normalized spacial score (nSPS) is 12.3. The van der Waals surface area contributed by atoms with Crippen LogP contribution in [0.5, 0.6) is 5.75 Å². The van der Waals surface area contributed by atoms with Gasteiger partial charge in [-0.05, 0) is 43.1 Å². The highest BCUT2D eigenvalue weighted by Gasteiger charge is 2.11. The first kappa shape index (κ1) is 27.7.